The lowest BCUT2D eigenvalue weighted by atomic mass is 10.2. The molecule has 0 aliphatic carbocycles. The first-order valence-corrected chi connectivity index (χ1v) is 6.03. The summed E-state index contributed by atoms with van der Waals surface area (Å²) in [7, 11) is -3.83. The van der Waals surface area contributed by atoms with Gasteiger partial charge in [0.1, 0.15) is 4.90 Å². The van der Waals surface area contributed by atoms with Gasteiger partial charge in [0.05, 0.1) is 5.02 Å². The van der Waals surface area contributed by atoms with Crippen molar-refractivity contribution in [2.24, 2.45) is 5.14 Å². The number of nitrogens with two attached hydrogens (primary N) is 1. The summed E-state index contributed by atoms with van der Waals surface area (Å²) in [5, 5.41) is 5.50. The predicted molar refractivity (Wildman–Crippen MR) is 57.3 cm³/mol. The van der Waals surface area contributed by atoms with Crippen molar-refractivity contribution in [1.82, 2.24) is 0 Å². The fraction of sp³-hybridized carbons (Fsp3) is 0.250. The van der Waals surface area contributed by atoms with Crippen molar-refractivity contribution in [3.8, 4) is 0 Å². The van der Waals surface area contributed by atoms with Crippen LogP contribution >= 0.6 is 23.2 Å². The van der Waals surface area contributed by atoms with E-state index >= 15 is 0 Å². The maximum Gasteiger partial charge on any atom is 0.239 e. The van der Waals surface area contributed by atoms with Crippen molar-refractivity contribution in [1.29, 1.82) is 0 Å². The molecule has 0 heterocycles. The van der Waals surface area contributed by atoms with Crippen molar-refractivity contribution in [3.63, 3.8) is 0 Å². The van der Waals surface area contributed by atoms with Gasteiger partial charge < -0.3 is 0 Å². The van der Waals surface area contributed by atoms with Gasteiger partial charge in [-0.25, -0.2) is 13.6 Å². The Labute approximate surface area is 92.9 Å². The Hall–Kier alpha value is -0.290. The largest absolute Gasteiger partial charge is 0.239 e. The molecule has 2 N–H and O–H groups in total. The highest BCUT2D eigenvalue weighted by Crippen LogP contribution is 2.32. The zero-order chi connectivity index (χ0) is 11.1. The van der Waals surface area contributed by atoms with Crippen molar-refractivity contribution in [3.05, 3.63) is 27.2 Å². The normalized spacial score (nSPS) is 11.8. The second-order valence-corrected chi connectivity index (χ2v) is 5.27. The van der Waals surface area contributed by atoms with Gasteiger partial charge in [-0.3, -0.25) is 0 Å². The molecule has 0 aromatic heterocycles. The summed E-state index contributed by atoms with van der Waals surface area (Å²) >= 11 is 11.7. The molecule has 1 rings (SSSR count). The highest BCUT2D eigenvalue weighted by atomic mass is 35.5. The van der Waals surface area contributed by atoms with E-state index in [2.05, 4.69) is 0 Å². The molecular formula is C8H9Cl2NO2S. The number of aryl methyl sites for hydroxylation is 1. The number of halogens is 2. The van der Waals surface area contributed by atoms with E-state index in [9.17, 15) is 8.42 Å². The molecule has 6 heteroatoms. The molecule has 0 spiro atoms. The topological polar surface area (TPSA) is 60.2 Å². The van der Waals surface area contributed by atoms with Crippen LogP contribution in [0.3, 0.4) is 0 Å². The Morgan fingerprint density at radius 3 is 2.21 bits per heavy atom. The first kappa shape index (κ1) is 11.8. The average molecular weight is 254 g/mol. The van der Waals surface area contributed by atoms with Gasteiger partial charge in [0.15, 0.2) is 0 Å². The molecule has 0 bridgehead atoms. The predicted octanol–water partition coefficient (Wildman–Crippen LogP) is 2.26. The van der Waals surface area contributed by atoms with Crippen molar-refractivity contribution in [2.45, 2.75) is 18.7 Å². The quantitative estimate of drug-likeness (QED) is 0.835. The molecule has 0 aliphatic heterocycles. The van der Waals surface area contributed by atoms with Crippen molar-refractivity contribution in [2.75, 3.05) is 0 Å². The number of primary sulfonamides is 1. The lowest BCUT2D eigenvalue weighted by Crippen LogP contribution is -2.15. The Kier molecular flexibility index (Phi) is 3.11. The number of hydrogen-bond acceptors (Lipinski definition) is 2. The van der Waals surface area contributed by atoms with E-state index in [4.69, 9.17) is 28.3 Å². The van der Waals surface area contributed by atoms with E-state index in [0.29, 0.717) is 16.1 Å². The van der Waals surface area contributed by atoms with Crippen LogP contribution in [0.1, 0.15) is 11.1 Å². The first-order chi connectivity index (χ1) is 6.25. The minimum absolute atomic E-state index is 0.0934. The monoisotopic (exact) mass is 253 g/mol. The van der Waals surface area contributed by atoms with Crippen molar-refractivity contribution >= 4 is 33.2 Å². The summed E-state index contributed by atoms with van der Waals surface area (Å²) in [6.45, 7) is 3.23. The molecule has 1 aromatic carbocycles. The molecule has 78 valence electrons. The molecule has 0 saturated carbocycles. The molecule has 0 amide bonds. The number of benzene rings is 1. The summed E-state index contributed by atoms with van der Waals surface area (Å²) in [6.07, 6.45) is 0. The third kappa shape index (κ3) is 2.03. The van der Waals surface area contributed by atoms with E-state index in [-0.39, 0.29) is 9.92 Å². The van der Waals surface area contributed by atoms with Gasteiger partial charge in [0, 0.05) is 5.02 Å². The van der Waals surface area contributed by atoms with Crippen LogP contribution in [0.25, 0.3) is 0 Å². The molecule has 0 fully saturated rings. The fourth-order valence-corrected chi connectivity index (χ4v) is 2.93. The van der Waals surface area contributed by atoms with E-state index in [1.54, 1.807) is 19.9 Å². The van der Waals surface area contributed by atoms with Gasteiger partial charge in [-0.2, -0.15) is 0 Å². The van der Waals surface area contributed by atoms with Crippen LogP contribution in [0.2, 0.25) is 10.0 Å². The van der Waals surface area contributed by atoms with Gasteiger partial charge in [-0.15, -0.1) is 0 Å². The molecule has 0 atom stereocenters. The van der Waals surface area contributed by atoms with Crippen LogP contribution in [0.15, 0.2) is 11.0 Å². The molecule has 14 heavy (non-hydrogen) atoms. The van der Waals surface area contributed by atoms with Crippen LogP contribution in [0.4, 0.5) is 0 Å². The molecule has 3 nitrogen and oxygen atoms in total. The summed E-state index contributed by atoms with van der Waals surface area (Å²) in [5.41, 5.74) is 0.969. The second kappa shape index (κ2) is 3.70. The SMILES string of the molecule is Cc1cc(Cl)c(C)c(S(N)(=O)=O)c1Cl. The number of hydrogen-bond donors (Lipinski definition) is 1. The lowest BCUT2D eigenvalue weighted by molar-refractivity contribution is 0.597. The molecule has 0 unspecified atom stereocenters. The van der Waals surface area contributed by atoms with Crippen LogP contribution in [-0.4, -0.2) is 8.42 Å². The van der Waals surface area contributed by atoms with Crippen LogP contribution < -0.4 is 5.14 Å². The Bertz CT molecular complexity index is 456. The van der Waals surface area contributed by atoms with E-state index in [0.717, 1.165) is 0 Å². The van der Waals surface area contributed by atoms with Crippen molar-refractivity contribution < 1.29 is 8.42 Å². The Morgan fingerprint density at radius 1 is 1.29 bits per heavy atom. The summed E-state index contributed by atoms with van der Waals surface area (Å²) in [5.74, 6) is 0. The van der Waals surface area contributed by atoms with Gasteiger partial charge in [0.2, 0.25) is 10.0 Å². The maximum atomic E-state index is 11.2. The summed E-state index contributed by atoms with van der Waals surface area (Å²) in [6, 6.07) is 1.61. The highest BCUT2D eigenvalue weighted by Gasteiger charge is 2.19. The van der Waals surface area contributed by atoms with Crippen LogP contribution in [0, 0.1) is 13.8 Å². The molecular weight excluding hydrogens is 245 g/mol. The minimum atomic E-state index is -3.83. The standard InChI is InChI=1S/C8H9Cl2NO2S/c1-4-3-6(9)5(2)8(7(4)10)14(11,12)13/h3H,1-2H3,(H2,11,12,13). The van der Waals surface area contributed by atoms with Gasteiger partial charge in [-0.1, -0.05) is 23.2 Å². The van der Waals surface area contributed by atoms with E-state index < -0.39 is 10.0 Å². The van der Waals surface area contributed by atoms with Gasteiger partial charge >= 0.3 is 0 Å². The number of rotatable bonds is 1. The molecule has 1 aromatic rings. The molecule has 0 saturated heterocycles. The van der Waals surface area contributed by atoms with E-state index in [1.807, 2.05) is 0 Å². The molecule has 0 aliphatic rings. The van der Waals surface area contributed by atoms with Gasteiger partial charge in [0.25, 0.3) is 0 Å². The fourth-order valence-electron chi connectivity index (χ4n) is 1.15. The zero-order valence-electron chi connectivity index (χ0n) is 7.64. The smallest absolute Gasteiger partial charge is 0.225 e. The Morgan fingerprint density at radius 2 is 1.79 bits per heavy atom. The maximum absolute atomic E-state index is 11.2. The third-order valence-electron chi connectivity index (χ3n) is 1.87. The minimum Gasteiger partial charge on any atom is -0.225 e. The first-order valence-electron chi connectivity index (χ1n) is 3.73. The molecule has 0 radical (unpaired) electrons. The summed E-state index contributed by atoms with van der Waals surface area (Å²) < 4.78 is 22.4. The van der Waals surface area contributed by atoms with Crippen LogP contribution in [0.5, 0.6) is 0 Å². The van der Waals surface area contributed by atoms with Crippen LogP contribution in [-0.2, 0) is 10.0 Å². The highest BCUT2D eigenvalue weighted by molar-refractivity contribution is 7.89. The lowest BCUT2D eigenvalue weighted by Gasteiger charge is -2.10. The number of sulfonamides is 1. The third-order valence-corrected chi connectivity index (χ3v) is 3.94. The average Bonchev–Trinajstić information content (AvgIpc) is 1.98. The summed E-state index contributed by atoms with van der Waals surface area (Å²) in [4.78, 5) is -0.0934. The van der Waals surface area contributed by atoms with E-state index in [1.165, 1.54) is 0 Å². The Balaban J connectivity index is 3.74. The second-order valence-electron chi connectivity index (χ2n) is 2.99. The van der Waals surface area contributed by atoms with Gasteiger partial charge in [-0.05, 0) is 31.0 Å². The zero-order valence-corrected chi connectivity index (χ0v) is 9.96.